The largest absolute Gasteiger partial charge is 0.324 e. The first-order valence-electron chi connectivity index (χ1n) is 3.88. The van der Waals surface area contributed by atoms with Crippen LogP contribution in [0.1, 0.15) is 5.82 Å². The Bertz CT molecular complexity index is 422. The van der Waals surface area contributed by atoms with E-state index in [1.165, 1.54) is 4.68 Å². The van der Waals surface area contributed by atoms with Gasteiger partial charge in [0.1, 0.15) is 6.33 Å². The van der Waals surface area contributed by atoms with Crippen LogP contribution >= 0.6 is 22.6 Å². The van der Waals surface area contributed by atoms with Crippen molar-refractivity contribution in [2.75, 3.05) is 0 Å². The molecular formula is C7H7IN6. The molecule has 0 aromatic carbocycles. The lowest BCUT2D eigenvalue weighted by Gasteiger charge is -1.96. The van der Waals surface area contributed by atoms with E-state index in [0.717, 1.165) is 3.57 Å². The van der Waals surface area contributed by atoms with E-state index in [9.17, 15) is 0 Å². The van der Waals surface area contributed by atoms with Gasteiger partial charge in [0.15, 0.2) is 5.82 Å². The van der Waals surface area contributed by atoms with Crippen molar-refractivity contribution in [1.29, 1.82) is 0 Å². The summed E-state index contributed by atoms with van der Waals surface area (Å²) in [5, 5.41) is 4.08. The molecule has 14 heavy (non-hydrogen) atoms. The summed E-state index contributed by atoms with van der Waals surface area (Å²) in [6.45, 7) is 0.317. The molecule has 0 radical (unpaired) electrons. The third-order valence-electron chi connectivity index (χ3n) is 1.53. The van der Waals surface area contributed by atoms with Gasteiger partial charge < -0.3 is 5.73 Å². The van der Waals surface area contributed by atoms with Gasteiger partial charge in [-0.25, -0.2) is 15.0 Å². The van der Waals surface area contributed by atoms with Gasteiger partial charge in [-0.05, 0) is 22.6 Å². The zero-order valence-corrected chi connectivity index (χ0v) is 9.29. The molecule has 2 heterocycles. The average molecular weight is 302 g/mol. The van der Waals surface area contributed by atoms with Crippen LogP contribution in [-0.4, -0.2) is 24.7 Å². The first kappa shape index (κ1) is 9.46. The van der Waals surface area contributed by atoms with Crippen LogP contribution in [0, 0.1) is 3.57 Å². The van der Waals surface area contributed by atoms with E-state index in [2.05, 4.69) is 42.6 Å². The fourth-order valence-corrected chi connectivity index (χ4v) is 1.19. The van der Waals surface area contributed by atoms with Crippen molar-refractivity contribution in [2.24, 2.45) is 5.73 Å². The van der Waals surface area contributed by atoms with Gasteiger partial charge in [0, 0.05) is 16.0 Å². The first-order valence-corrected chi connectivity index (χ1v) is 4.96. The second kappa shape index (κ2) is 3.96. The van der Waals surface area contributed by atoms with Gasteiger partial charge >= 0.3 is 0 Å². The minimum Gasteiger partial charge on any atom is -0.324 e. The number of halogens is 1. The molecule has 2 rings (SSSR count). The van der Waals surface area contributed by atoms with Crippen LogP contribution in [-0.2, 0) is 6.54 Å². The zero-order chi connectivity index (χ0) is 9.97. The van der Waals surface area contributed by atoms with Gasteiger partial charge in [0.05, 0.1) is 6.54 Å². The molecule has 0 aliphatic rings. The number of rotatable bonds is 2. The topological polar surface area (TPSA) is 82.5 Å². The molecule has 2 aromatic heterocycles. The Morgan fingerprint density at radius 2 is 2.00 bits per heavy atom. The maximum atomic E-state index is 5.38. The summed E-state index contributed by atoms with van der Waals surface area (Å²) in [5.41, 5.74) is 5.38. The van der Waals surface area contributed by atoms with Gasteiger partial charge in [-0.2, -0.15) is 4.68 Å². The normalized spacial score (nSPS) is 10.4. The lowest BCUT2D eigenvalue weighted by Crippen LogP contribution is -2.04. The van der Waals surface area contributed by atoms with Crippen molar-refractivity contribution in [3.8, 4) is 5.95 Å². The molecule has 2 N–H and O–H groups in total. The van der Waals surface area contributed by atoms with Gasteiger partial charge in [0.2, 0.25) is 0 Å². The molecule has 0 bridgehead atoms. The summed E-state index contributed by atoms with van der Waals surface area (Å²) in [7, 11) is 0. The molecule has 0 amide bonds. The molecule has 0 atom stereocenters. The van der Waals surface area contributed by atoms with Crippen LogP contribution in [0.5, 0.6) is 0 Å². The third kappa shape index (κ3) is 1.87. The van der Waals surface area contributed by atoms with Crippen molar-refractivity contribution in [3.05, 3.63) is 28.1 Å². The van der Waals surface area contributed by atoms with Crippen LogP contribution in [0.25, 0.3) is 5.95 Å². The van der Waals surface area contributed by atoms with E-state index in [1.54, 1.807) is 18.7 Å². The lowest BCUT2D eigenvalue weighted by molar-refractivity contribution is 0.779. The average Bonchev–Trinajstić information content (AvgIpc) is 2.67. The molecular weight excluding hydrogens is 295 g/mol. The fraction of sp³-hybridized carbons (Fsp3) is 0.143. The van der Waals surface area contributed by atoms with Crippen molar-refractivity contribution < 1.29 is 0 Å². The fourth-order valence-electron chi connectivity index (χ4n) is 0.911. The summed E-state index contributed by atoms with van der Waals surface area (Å²) in [6.07, 6.45) is 4.98. The third-order valence-corrected chi connectivity index (χ3v) is 2.09. The first-order chi connectivity index (χ1) is 6.79. The quantitative estimate of drug-likeness (QED) is 0.797. The van der Waals surface area contributed by atoms with Gasteiger partial charge in [-0.1, -0.05) is 0 Å². The van der Waals surface area contributed by atoms with Crippen LogP contribution in [0.3, 0.4) is 0 Å². The Hall–Kier alpha value is -1.09. The smallest absolute Gasteiger partial charge is 0.252 e. The minimum atomic E-state index is 0.317. The van der Waals surface area contributed by atoms with Crippen LogP contribution in [0.2, 0.25) is 0 Å². The minimum absolute atomic E-state index is 0.317. The summed E-state index contributed by atoms with van der Waals surface area (Å²) >= 11 is 2.14. The highest BCUT2D eigenvalue weighted by Crippen LogP contribution is 2.02. The highest BCUT2D eigenvalue weighted by Gasteiger charge is 2.02. The maximum Gasteiger partial charge on any atom is 0.252 e. The van der Waals surface area contributed by atoms with E-state index in [-0.39, 0.29) is 0 Å². The van der Waals surface area contributed by atoms with E-state index in [4.69, 9.17) is 5.73 Å². The second-order valence-electron chi connectivity index (χ2n) is 2.51. The van der Waals surface area contributed by atoms with Crippen LogP contribution < -0.4 is 5.73 Å². The van der Waals surface area contributed by atoms with E-state index in [0.29, 0.717) is 18.3 Å². The predicted octanol–water partition coefficient (Wildman–Crippen LogP) is 0.121. The maximum absolute atomic E-state index is 5.38. The second-order valence-corrected chi connectivity index (χ2v) is 3.76. The van der Waals surface area contributed by atoms with E-state index < -0.39 is 0 Å². The van der Waals surface area contributed by atoms with Crippen LogP contribution in [0.4, 0.5) is 0 Å². The highest BCUT2D eigenvalue weighted by molar-refractivity contribution is 14.1. The summed E-state index contributed by atoms with van der Waals surface area (Å²) in [5.74, 6) is 1.07. The molecule has 72 valence electrons. The molecule has 0 saturated heterocycles. The predicted molar refractivity (Wildman–Crippen MR) is 57.6 cm³/mol. The van der Waals surface area contributed by atoms with Crippen molar-refractivity contribution in [3.63, 3.8) is 0 Å². The molecule has 6 nitrogen and oxygen atoms in total. The molecule has 0 saturated carbocycles. The lowest BCUT2D eigenvalue weighted by atomic mass is 10.6. The van der Waals surface area contributed by atoms with E-state index >= 15 is 0 Å². The van der Waals surface area contributed by atoms with Crippen LogP contribution in [0.15, 0.2) is 18.7 Å². The standard InChI is InChI=1S/C7H7IN6/c8-5-2-10-7(11-3-5)14-4-12-6(1-9)13-14/h2-4H,1,9H2. The van der Waals surface area contributed by atoms with Crippen molar-refractivity contribution >= 4 is 22.6 Å². The van der Waals surface area contributed by atoms with E-state index in [1.807, 2.05) is 0 Å². The summed E-state index contributed by atoms with van der Waals surface area (Å²) < 4.78 is 2.48. The molecule has 7 heteroatoms. The van der Waals surface area contributed by atoms with Gasteiger partial charge in [-0.3, -0.25) is 0 Å². The Kier molecular flexibility index (Phi) is 2.68. The van der Waals surface area contributed by atoms with Crippen molar-refractivity contribution in [1.82, 2.24) is 24.7 Å². The molecule has 2 aromatic rings. The SMILES string of the molecule is NCc1ncn(-c2ncc(I)cn2)n1. The Labute approximate surface area is 93.7 Å². The molecule has 0 fully saturated rings. The Morgan fingerprint density at radius 3 is 2.57 bits per heavy atom. The Morgan fingerprint density at radius 1 is 1.29 bits per heavy atom. The molecule has 0 unspecified atom stereocenters. The van der Waals surface area contributed by atoms with Gasteiger partial charge in [0.25, 0.3) is 5.95 Å². The molecule has 0 aliphatic heterocycles. The number of aromatic nitrogens is 5. The summed E-state index contributed by atoms with van der Waals surface area (Å²) in [6, 6.07) is 0. The van der Waals surface area contributed by atoms with Crippen molar-refractivity contribution in [2.45, 2.75) is 6.54 Å². The summed E-state index contributed by atoms with van der Waals surface area (Å²) in [4.78, 5) is 12.2. The monoisotopic (exact) mass is 302 g/mol. The number of hydrogen-bond acceptors (Lipinski definition) is 5. The molecule has 0 aliphatic carbocycles. The number of nitrogens with zero attached hydrogens (tertiary/aromatic N) is 5. The van der Waals surface area contributed by atoms with Gasteiger partial charge in [-0.15, -0.1) is 5.10 Å². The Balaban J connectivity index is 2.34. The highest BCUT2D eigenvalue weighted by atomic mass is 127. The number of hydrogen-bond donors (Lipinski definition) is 1. The zero-order valence-electron chi connectivity index (χ0n) is 7.13. The number of nitrogens with two attached hydrogens (primary N) is 1. The molecule has 0 spiro atoms.